The number of ether oxygens (including phenoxy) is 3. The van der Waals surface area contributed by atoms with Gasteiger partial charge in [0.15, 0.2) is 6.23 Å². The quantitative estimate of drug-likeness (QED) is 0.200. The van der Waals surface area contributed by atoms with Crippen LogP contribution in [0, 0.1) is 18.3 Å². The van der Waals surface area contributed by atoms with E-state index in [-0.39, 0.29) is 43.9 Å². The second kappa shape index (κ2) is 16.8. The molecule has 1 saturated heterocycles. The van der Waals surface area contributed by atoms with Gasteiger partial charge in [0.1, 0.15) is 18.3 Å². The minimum atomic E-state index is -3.59. The van der Waals surface area contributed by atoms with E-state index in [0.29, 0.717) is 0 Å². The van der Waals surface area contributed by atoms with Crippen LogP contribution in [0.25, 0.3) is 0 Å². The van der Waals surface area contributed by atoms with Crippen LogP contribution in [-0.4, -0.2) is 85.8 Å². The SMILES string of the molecule is COCCOC1[C@@H](OP(OCCC#N)N(C(C)C)C(C)C)[C@@H](/C=C/P(=O)(OC)OC)O[C@H]1n1cc(C)c(=O)[nH]c1=O. The summed E-state index contributed by atoms with van der Waals surface area (Å²) in [6.45, 7) is 10.1. The van der Waals surface area contributed by atoms with Crippen molar-refractivity contribution in [1.82, 2.24) is 14.2 Å². The van der Waals surface area contributed by atoms with Crippen molar-refractivity contribution >= 4 is 16.1 Å². The van der Waals surface area contributed by atoms with Crippen LogP contribution in [0.2, 0.25) is 0 Å². The first-order valence-corrected chi connectivity index (χ1v) is 15.9. The summed E-state index contributed by atoms with van der Waals surface area (Å²) in [5.74, 6) is 1.25. The van der Waals surface area contributed by atoms with Crippen LogP contribution in [0.4, 0.5) is 0 Å². The Morgan fingerprint density at radius 2 is 1.80 bits per heavy atom. The van der Waals surface area contributed by atoms with Crippen molar-refractivity contribution < 1.29 is 36.9 Å². The molecular formula is C25H42N4O10P2. The molecule has 41 heavy (non-hydrogen) atoms. The number of nitriles is 1. The molecule has 0 radical (unpaired) electrons. The van der Waals surface area contributed by atoms with Crippen LogP contribution < -0.4 is 11.2 Å². The standard InChI is InChI=1S/C25H42N4O10P2/c1-17(2)29(18(3)4)40(37-12-9-11-26)39-21-20(10-15-41(32,34-7)35-8)38-24(22(21)36-14-13-33-6)28-16-19(5)23(30)27-25(28)31/h10,15-18,20-22,24H,9,12-14H2,1-8H3,(H,27,30,31)/b15-10+/t20-,21+,22?,24-,40?/m1/s1. The third kappa shape index (κ3) is 9.63. The van der Waals surface area contributed by atoms with E-state index in [1.54, 1.807) is 6.92 Å². The zero-order valence-corrected chi connectivity index (χ0v) is 26.6. The van der Waals surface area contributed by atoms with Gasteiger partial charge < -0.3 is 32.3 Å². The lowest BCUT2D eigenvalue weighted by atomic mass is 10.1. The Hall–Kier alpha value is -1.75. The molecule has 0 spiro atoms. The Kier molecular flexibility index (Phi) is 14.5. The van der Waals surface area contributed by atoms with Crippen molar-refractivity contribution in [3.05, 3.63) is 44.5 Å². The number of aromatic amines is 1. The molecule has 16 heteroatoms. The van der Waals surface area contributed by atoms with Crippen molar-refractivity contribution in [2.45, 2.75) is 77.7 Å². The van der Waals surface area contributed by atoms with E-state index in [2.05, 4.69) is 11.1 Å². The molecule has 1 aromatic rings. The molecule has 1 fully saturated rings. The molecule has 232 valence electrons. The average Bonchev–Trinajstić information content (AvgIpc) is 3.25. The molecule has 0 aromatic carbocycles. The number of rotatable bonds is 17. The molecule has 2 rings (SSSR count). The van der Waals surface area contributed by atoms with E-state index in [1.807, 2.05) is 32.4 Å². The van der Waals surface area contributed by atoms with Crippen molar-refractivity contribution in [1.29, 1.82) is 5.26 Å². The Morgan fingerprint density at radius 1 is 1.15 bits per heavy atom. The zero-order valence-electron chi connectivity index (χ0n) is 24.8. The molecule has 0 bridgehead atoms. The summed E-state index contributed by atoms with van der Waals surface area (Å²) in [7, 11) is -1.32. The fourth-order valence-electron chi connectivity index (χ4n) is 4.17. The Morgan fingerprint density at radius 3 is 2.37 bits per heavy atom. The highest BCUT2D eigenvalue weighted by molar-refractivity contribution is 7.57. The number of methoxy groups -OCH3 is 1. The number of nitrogens with one attached hydrogen (secondary N) is 1. The number of hydrogen-bond acceptors (Lipinski definition) is 12. The monoisotopic (exact) mass is 620 g/mol. The third-order valence-corrected chi connectivity index (χ3v) is 9.77. The van der Waals surface area contributed by atoms with E-state index in [1.165, 1.54) is 44.0 Å². The maximum absolute atomic E-state index is 12.9. The summed E-state index contributed by atoms with van der Waals surface area (Å²) >= 11 is 0. The molecule has 1 aliphatic heterocycles. The van der Waals surface area contributed by atoms with Crippen LogP contribution in [-0.2, 0) is 36.9 Å². The number of aryl methyl sites for hydroxylation is 1. The van der Waals surface area contributed by atoms with Gasteiger partial charge in [-0.15, -0.1) is 0 Å². The summed E-state index contributed by atoms with van der Waals surface area (Å²) in [5, 5.41) is 9.10. The van der Waals surface area contributed by atoms with Crippen molar-refractivity contribution in [3.8, 4) is 6.07 Å². The average molecular weight is 621 g/mol. The number of H-pyrrole nitrogens is 1. The van der Waals surface area contributed by atoms with Crippen LogP contribution in [0.1, 0.15) is 45.9 Å². The molecule has 14 nitrogen and oxygen atoms in total. The number of aromatic nitrogens is 2. The van der Waals surface area contributed by atoms with Gasteiger partial charge in [-0.1, -0.05) is 0 Å². The summed E-state index contributed by atoms with van der Waals surface area (Å²) in [6.07, 6.45) is -0.757. The van der Waals surface area contributed by atoms with E-state index < -0.39 is 51.9 Å². The predicted molar refractivity (Wildman–Crippen MR) is 152 cm³/mol. The number of hydrogen-bond donors (Lipinski definition) is 1. The van der Waals surface area contributed by atoms with Crippen LogP contribution in [0.5, 0.6) is 0 Å². The van der Waals surface area contributed by atoms with Gasteiger partial charge in [-0.2, -0.15) is 5.26 Å². The second-order valence-electron chi connectivity index (χ2n) is 9.66. The summed E-state index contributed by atoms with van der Waals surface area (Å²) in [5.41, 5.74) is -0.936. The maximum atomic E-state index is 12.9. The summed E-state index contributed by atoms with van der Waals surface area (Å²) in [6, 6.07) is 2.09. The highest BCUT2D eigenvalue weighted by Gasteiger charge is 2.49. The minimum Gasteiger partial charge on any atom is -0.382 e. The van der Waals surface area contributed by atoms with Crippen molar-refractivity contribution in [2.75, 3.05) is 41.2 Å². The highest BCUT2D eigenvalue weighted by Crippen LogP contribution is 2.52. The molecule has 0 aliphatic carbocycles. The van der Waals surface area contributed by atoms with Gasteiger partial charge in [-0.3, -0.25) is 18.9 Å². The molecule has 1 N–H and O–H groups in total. The fourth-order valence-corrected chi connectivity index (χ4v) is 6.69. The first-order valence-electron chi connectivity index (χ1n) is 13.2. The lowest BCUT2D eigenvalue weighted by molar-refractivity contribution is -0.0767. The van der Waals surface area contributed by atoms with E-state index in [0.717, 1.165) is 0 Å². The zero-order chi connectivity index (χ0) is 30.7. The third-order valence-electron chi connectivity index (χ3n) is 6.08. The Labute approximate surface area is 242 Å². The Balaban J connectivity index is 2.66. The molecule has 1 aliphatic rings. The fraction of sp³-hybridized carbons (Fsp3) is 0.720. The Bertz CT molecular complexity index is 1180. The first-order chi connectivity index (χ1) is 19.4. The number of nitrogens with zero attached hydrogens (tertiary/aromatic N) is 3. The topological polar surface area (TPSA) is 164 Å². The van der Waals surface area contributed by atoms with Crippen molar-refractivity contribution in [3.63, 3.8) is 0 Å². The van der Waals surface area contributed by atoms with Crippen LogP contribution >= 0.6 is 16.1 Å². The van der Waals surface area contributed by atoms with Crippen LogP contribution in [0.3, 0.4) is 0 Å². The lowest BCUT2D eigenvalue weighted by Gasteiger charge is -2.38. The molecule has 5 atom stereocenters. The molecule has 0 amide bonds. The first kappa shape index (κ1) is 35.4. The normalized spacial score (nSPS) is 22.3. The van der Waals surface area contributed by atoms with Crippen LogP contribution in [0.15, 0.2) is 27.7 Å². The van der Waals surface area contributed by atoms with Gasteiger partial charge in [0, 0.05) is 51.0 Å². The predicted octanol–water partition coefficient (Wildman–Crippen LogP) is 3.43. The van der Waals surface area contributed by atoms with Gasteiger partial charge >= 0.3 is 13.3 Å². The van der Waals surface area contributed by atoms with Crippen molar-refractivity contribution in [2.24, 2.45) is 0 Å². The minimum absolute atomic E-state index is 0.00911. The largest absolute Gasteiger partial charge is 0.382 e. The maximum Gasteiger partial charge on any atom is 0.353 e. The van der Waals surface area contributed by atoms with Gasteiger partial charge in [0.2, 0.25) is 0 Å². The smallest absolute Gasteiger partial charge is 0.353 e. The summed E-state index contributed by atoms with van der Waals surface area (Å²) in [4.78, 5) is 27.3. The molecular weight excluding hydrogens is 578 g/mol. The van der Waals surface area contributed by atoms with Gasteiger partial charge in [0.25, 0.3) is 14.1 Å². The van der Waals surface area contributed by atoms with Gasteiger partial charge in [-0.05, 0) is 40.7 Å². The van der Waals surface area contributed by atoms with E-state index in [4.69, 9.17) is 37.6 Å². The lowest BCUT2D eigenvalue weighted by Crippen LogP contribution is -2.42. The van der Waals surface area contributed by atoms with E-state index in [9.17, 15) is 14.2 Å². The van der Waals surface area contributed by atoms with Gasteiger partial charge in [0.05, 0.1) is 32.3 Å². The second-order valence-corrected chi connectivity index (χ2v) is 13.2. The highest BCUT2D eigenvalue weighted by atomic mass is 31.2. The molecule has 2 unspecified atom stereocenters. The molecule has 1 aromatic heterocycles. The van der Waals surface area contributed by atoms with E-state index >= 15 is 0 Å². The molecule has 0 saturated carbocycles. The van der Waals surface area contributed by atoms with Gasteiger partial charge in [-0.25, -0.2) is 9.46 Å². The molecule has 2 heterocycles. The summed E-state index contributed by atoms with van der Waals surface area (Å²) < 4.78 is 56.6.